The summed E-state index contributed by atoms with van der Waals surface area (Å²) in [5, 5.41) is 18.2. The highest BCUT2D eigenvalue weighted by Crippen LogP contribution is 2.11. The number of rotatable bonds is 5. The lowest BCUT2D eigenvalue weighted by atomic mass is 10.0. The van der Waals surface area contributed by atoms with Gasteiger partial charge in [-0.25, -0.2) is 0 Å². The third-order valence-electron chi connectivity index (χ3n) is 3.05. The first-order valence-corrected chi connectivity index (χ1v) is 6.19. The van der Waals surface area contributed by atoms with Gasteiger partial charge >= 0.3 is 0 Å². The lowest BCUT2D eigenvalue weighted by Crippen LogP contribution is -1.94. The Bertz CT molecular complexity index is 458. The van der Waals surface area contributed by atoms with Gasteiger partial charge < -0.3 is 10.2 Å². The van der Waals surface area contributed by atoms with Gasteiger partial charge in [0.2, 0.25) is 0 Å². The van der Waals surface area contributed by atoms with Gasteiger partial charge in [0.15, 0.2) is 0 Å². The standard InChI is InChI=1S/C16H18O2/c17-11-15-5-1-3-13(9-15)7-8-14-4-2-6-16(10-14)12-18/h1-6,9-10,17-18H,7-8,11-12H2. The molecule has 0 aliphatic rings. The van der Waals surface area contributed by atoms with Crippen molar-refractivity contribution in [2.75, 3.05) is 0 Å². The molecule has 0 saturated carbocycles. The number of hydrogen-bond donors (Lipinski definition) is 2. The maximum atomic E-state index is 9.09. The molecule has 0 unspecified atom stereocenters. The van der Waals surface area contributed by atoms with Crippen LogP contribution in [0, 0.1) is 0 Å². The molecule has 0 fully saturated rings. The van der Waals surface area contributed by atoms with E-state index in [1.807, 2.05) is 36.4 Å². The average Bonchev–Trinajstić information content (AvgIpc) is 2.45. The molecule has 94 valence electrons. The fourth-order valence-corrected chi connectivity index (χ4v) is 2.06. The maximum Gasteiger partial charge on any atom is 0.0681 e. The van der Waals surface area contributed by atoms with E-state index in [1.54, 1.807) is 0 Å². The highest BCUT2D eigenvalue weighted by molar-refractivity contribution is 5.26. The maximum absolute atomic E-state index is 9.09. The zero-order valence-electron chi connectivity index (χ0n) is 10.3. The minimum atomic E-state index is 0.0911. The van der Waals surface area contributed by atoms with E-state index >= 15 is 0 Å². The van der Waals surface area contributed by atoms with Crippen molar-refractivity contribution in [2.45, 2.75) is 26.1 Å². The van der Waals surface area contributed by atoms with Crippen molar-refractivity contribution in [3.05, 3.63) is 70.8 Å². The van der Waals surface area contributed by atoms with Crippen molar-refractivity contribution < 1.29 is 10.2 Å². The molecular formula is C16H18O2. The summed E-state index contributed by atoms with van der Waals surface area (Å²) in [6.45, 7) is 0.182. The molecule has 0 bridgehead atoms. The van der Waals surface area contributed by atoms with Crippen molar-refractivity contribution in [3.8, 4) is 0 Å². The molecule has 2 nitrogen and oxygen atoms in total. The molecule has 2 rings (SSSR count). The first-order chi connectivity index (χ1) is 8.81. The molecule has 0 spiro atoms. The minimum absolute atomic E-state index is 0.0911. The van der Waals surface area contributed by atoms with Crippen molar-refractivity contribution >= 4 is 0 Å². The third-order valence-corrected chi connectivity index (χ3v) is 3.05. The van der Waals surface area contributed by atoms with E-state index in [2.05, 4.69) is 12.1 Å². The van der Waals surface area contributed by atoms with Gasteiger partial charge in [-0.1, -0.05) is 48.5 Å². The molecule has 2 N–H and O–H groups in total. The number of aryl methyl sites for hydroxylation is 2. The summed E-state index contributed by atoms with van der Waals surface area (Å²) in [6, 6.07) is 16.0. The highest BCUT2D eigenvalue weighted by atomic mass is 16.3. The SMILES string of the molecule is OCc1cccc(CCc2cccc(CO)c2)c1. The Balaban J connectivity index is 2.01. The fraction of sp³-hybridized carbons (Fsp3) is 0.250. The Kier molecular flexibility index (Phi) is 4.51. The van der Waals surface area contributed by atoms with Crippen LogP contribution >= 0.6 is 0 Å². The van der Waals surface area contributed by atoms with Crippen molar-refractivity contribution in [1.29, 1.82) is 0 Å². The molecular weight excluding hydrogens is 224 g/mol. The predicted octanol–water partition coefficient (Wildman–Crippen LogP) is 2.46. The van der Waals surface area contributed by atoms with E-state index in [-0.39, 0.29) is 13.2 Å². The summed E-state index contributed by atoms with van der Waals surface area (Å²) in [5.41, 5.74) is 4.38. The first-order valence-electron chi connectivity index (χ1n) is 6.19. The van der Waals surface area contributed by atoms with Crippen LogP contribution in [0.3, 0.4) is 0 Å². The van der Waals surface area contributed by atoms with Gasteiger partial charge in [-0.3, -0.25) is 0 Å². The number of aliphatic hydroxyl groups is 2. The monoisotopic (exact) mass is 242 g/mol. The Morgan fingerprint density at radius 1 is 0.611 bits per heavy atom. The molecule has 2 aromatic rings. The topological polar surface area (TPSA) is 40.5 Å². The van der Waals surface area contributed by atoms with Crippen molar-refractivity contribution in [3.63, 3.8) is 0 Å². The molecule has 2 aromatic carbocycles. The molecule has 18 heavy (non-hydrogen) atoms. The van der Waals surface area contributed by atoms with Gasteiger partial charge in [0.05, 0.1) is 13.2 Å². The molecule has 0 saturated heterocycles. The Labute approximate surface area is 108 Å². The summed E-state index contributed by atoms with van der Waals surface area (Å²) in [4.78, 5) is 0. The zero-order valence-corrected chi connectivity index (χ0v) is 10.3. The van der Waals surface area contributed by atoms with Gasteiger partial charge in [-0.15, -0.1) is 0 Å². The van der Waals surface area contributed by atoms with Crippen LogP contribution in [-0.2, 0) is 26.1 Å². The molecule has 0 aliphatic heterocycles. The molecule has 0 atom stereocenters. The zero-order chi connectivity index (χ0) is 12.8. The summed E-state index contributed by atoms with van der Waals surface area (Å²) in [5.74, 6) is 0. The molecule has 0 radical (unpaired) electrons. The number of benzene rings is 2. The van der Waals surface area contributed by atoms with Gasteiger partial charge in [0.25, 0.3) is 0 Å². The second-order valence-corrected chi connectivity index (χ2v) is 4.46. The quantitative estimate of drug-likeness (QED) is 0.845. The van der Waals surface area contributed by atoms with Crippen molar-refractivity contribution in [2.24, 2.45) is 0 Å². The summed E-state index contributed by atoms with van der Waals surface area (Å²) in [7, 11) is 0. The van der Waals surface area contributed by atoms with Crippen LogP contribution < -0.4 is 0 Å². The Morgan fingerprint density at radius 3 is 1.39 bits per heavy atom. The predicted molar refractivity (Wildman–Crippen MR) is 72.1 cm³/mol. The van der Waals surface area contributed by atoms with Crippen LogP contribution in [0.2, 0.25) is 0 Å². The van der Waals surface area contributed by atoms with Crippen LogP contribution in [0.1, 0.15) is 22.3 Å². The number of hydrogen-bond acceptors (Lipinski definition) is 2. The fourth-order valence-electron chi connectivity index (χ4n) is 2.06. The van der Waals surface area contributed by atoms with Gasteiger partial charge in [-0.05, 0) is 35.1 Å². The normalized spacial score (nSPS) is 10.6. The van der Waals surface area contributed by atoms with Gasteiger partial charge in [-0.2, -0.15) is 0 Å². The van der Waals surface area contributed by atoms with Gasteiger partial charge in [0.1, 0.15) is 0 Å². The molecule has 2 heteroatoms. The van der Waals surface area contributed by atoms with E-state index in [4.69, 9.17) is 10.2 Å². The van der Waals surface area contributed by atoms with Crippen LogP contribution in [0.15, 0.2) is 48.5 Å². The molecule has 0 aliphatic carbocycles. The second-order valence-electron chi connectivity index (χ2n) is 4.46. The summed E-state index contributed by atoms with van der Waals surface area (Å²) < 4.78 is 0. The van der Waals surface area contributed by atoms with E-state index in [1.165, 1.54) is 11.1 Å². The smallest absolute Gasteiger partial charge is 0.0681 e. The van der Waals surface area contributed by atoms with Crippen LogP contribution in [0.5, 0.6) is 0 Å². The average molecular weight is 242 g/mol. The minimum Gasteiger partial charge on any atom is -0.392 e. The van der Waals surface area contributed by atoms with E-state index in [0.717, 1.165) is 24.0 Å². The van der Waals surface area contributed by atoms with Gasteiger partial charge in [0, 0.05) is 0 Å². The molecule has 0 amide bonds. The molecule has 0 heterocycles. The molecule has 0 aromatic heterocycles. The lowest BCUT2D eigenvalue weighted by Gasteiger charge is -2.05. The number of aliphatic hydroxyl groups excluding tert-OH is 2. The first kappa shape index (κ1) is 12.8. The van der Waals surface area contributed by atoms with Crippen molar-refractivity contribution in [1.82, 2.24) is 0 Å². The van der Waals surface area contributed by atoms with Crippen LogP contribution in [0.4, 0.5) is 0 Å². The lowest BCUT2D eigenvalue weighted by molar-refractivity contribution is 0.281. The second kappa shape index (κ2) is 6.34. The third kappa shape index (κ3) is 3.42. The highest BCUT2D eigenvalue weighted by Gasteiger charge is 1.99. The summed E-state index contributed by atoms with van der Waals surface area (Å²) >= 11 is 0. The van der Waals surface area contributed by atoms with E-state index in [9.17, 15) is 0 Å². The Hall–Kier alpha value is -1.64. The largest absolute Gasteiger partial charge is 0.392 e. The summed E-state index contributed by atoms with van der Waals surface area (Å²) in [6.07, 6.45) is 1.89. The van der Waals surface area contributed by atoms with E-state index in [0.29, 0.717) is 0 Å². The van der Waals surface area contributed by atoms with Crippen LogP contribution in [-0.4, -0.2) is 10.2 Å². The van der Waals surface area contributed by atoms with Crippen LogP contribution in [0.25, 0.3) is 0 Å². The van der Waals surface area contributed by atoms with E-state index < -0.39 is 0 Å². The Morgan fingerprint density at radius 2 is 1.00 bits per heavy atom.